The highest BCUT2D eigenvalue weighted by Crippen LogP contribution is 2.32. The molecule has 3 N–H and O–H groups in total. The monoisotopic (exact) mass is 974 g/mol. The Bertz CT molecular complexity index is 3060. The number of halogens is 10. The average Bonchev–Trinajstić information content (AvgIpc) is 4.07. The first-order chi connectivity index (χ1) is 31.2. The zero-order valence-electron chi connectivity index (χ0n) is 34.4. The number of fused-ring (bicyclic) bond motifs is 2. The van der Waals surface area contributed by atoms with Crippen LogP contribution in [-0.4, -0.2) is 42.9 Å². The number of nitrogens with one attached hydrogen (secondary N) is 1. The van der Waals surface area contributed by atoms with Crippen molar-refractivity contribution in [2.24, 2.45) is 14.1 Å². The van der Waals surface area contributed by atoms with E-state index < -0.39 is 35.6 Å². The van der Waals surface area contributed by atoms with Gasteiger partial charge in [-0.25, -0.2) is 19.9 Å². The van der Waals surface area contributed by atoms with E-state index in [0.29, 0.717) is 17.1 Å². The molecule has 9 rings (SSSR count). The van der Waals surface area contributed by atoms with Crippen LogP contribution in [0.4, 0.5) is 45.3 Å². The van der Waals surface area contributed by atoms with E-state index in [2.05, 4.69) is 37.1 Å². The molecule has 0 aliphatic carbocycles. The number of pyridine rings is 3. The summed E-state index contributed by atoms with van der Waals surface area (Å²) in [7, 11) is 3.83. The first kappa shape index (κ1) is 48.9. The molecule has 0 spiro atoms. The second kappa shape index (κ2) is 20.7. The second-order valence-electron chi connectivity index (χ2n) is 13.9. The number of anilines is 1. The van der Waals surface area contributed by atoms with E-state index >= 15 is 0 Å². The zero-order chi connectivity index (χ0) is 47.8. The number of hydrogen-bond donors (Lipinski definition) is 2. The summed E-state index contributed by atoms with van der Waals surface area (Å²) in [6, 6.07) is 31.2. The number of nitrogens with two attached hydrogens (primary N) is 1. The van der Waals surface area contributed by atoms with E-state index in [1.807, 2.05) is 84.2 Å². The summed E-state index contributed by atoms with van der Waals surface area (Å²) in [6.07, 6.45) is -6.55. The number of nitrogens with zero attached hydrogens (tertiary/aromatic N) is 8. The lowest BCUT2D eigenvalue weighted by molar-refractivity contribution is -0.142. The molecule has 0 amide bonds. The molecule has 0 aliphatic heterocycles. The highest BCUT2D eigenvalue weighted by molar-refractivity contribution is 7.98. The van der Waals surface area contributed by atoms with E-state index in [-0.39, 0.29) is 23.0 Å². The number of thioether (sulfide) groups is 1. The highest BCUT2D eigenvalue weighted by atomic mass is 35.5. The van der Waals surface area contributed by atoms with E-state index in [4.69, 9.17) is 29.6 Å². The third-order valence-electron chi connectivity index (χ3n) is 9.08. The van der Waals surface area contributed by atoms with Gasteiger partial charge in [0, 0.05) is 50.2 Å². The van der Waals surface area contributed by atoms with Crippen molar-refractivity contribution in [1.29, 1.82) is 0 Å². The Balaban J connectivity index is 0.000000157. The van der Waals surface area contributed by atoms with Gasteiger partial charge >= 0.3 is 18.5 Å². The van der Waals surface area contributed by atoms with Crippen molar-refractivity contribution < 1.29 is 39.5 Å². The summed E-state index contributed by atoms with van der Waals surface area (Å²) < 4.78 is 119. The van der Waals surface area contributed by atoms with Gasteiger partial charge in [0.2, 0.25) is 0 Å². The summed E-state index contributed by atoms with van der Waals surface area (Å²) in [4.78, 5) is 19.1. The molecule has 0 radical (unpaired) electrons. The Labute approximate surface area is 384 Å². The van der Waals surface area contributed by atoms with Gasteiger partial charge in [-0.15, -0.1) is 11.6 Å². The zero-order valence-corrected chi connectivity index (χ0v) is 36.8. The number of rotatable bonds is 6. The van der Waals surface area contributed by atoms with Crippen molar-refractivity contribution in [3.05, 3.63) is 173 Å². The van der Waals surface area contributed by atoms with Gasteiger partial charge in [-0.1, -0.05) is 90.6 Å². The van der Waals surface area contributed by atoms with Gasteiger partial charge < -0.3 is 19.9 Å². The van der Waals surface area contributed by atoms with Gasteiger partial charge in [-0.2, -0.15) is 39.5 Å². The topological polar surface area (TPSA) is 112 Å². The Morgan fingerprint density at radius 3 is 1.61 bits per heavy atom. The molecule has 22 heteroatoms. The fourth-order valence-corrected chi connectivity index (χ4v) is 7.18. The number of aromatic amines is 1. The number of aryl methyl sites for hydroxylation is 2. The van der Waals surface area contributed by atoms with E-state index in [0.717, 1.165) is 59.4 Å². The third kappa shape index (κ3) is 12.6. The van der Waals surface area contributed by atoms with Gasteiger partial charge in [-0.05, 0) is 54.2 Å². The quantitative estimate of drug-likeness (QED) is 0.0739. The summed E-state index contributed by atoms with van der Waals surface area (Å²) in [5.41, 5.74) is 8.23. The Morgan fingerprint density at radius 1 is 0.591 bits per heavy atom. The molecule has 10 nitrogen and oxygen atoms in total. The predicted octanol–water partition coefficient (Wildman–Crippen LogP) is 12.6. The van der Waals surface area contributed by atoms with Crippen LogP contribution >= 0.6 is 35.6 Å². The average molecular weight is 975 g/mol. The van der Waals surface area contributed by atoms with Crippen LogP contribution in [0.1, 0.15) is 28.5 Å². The van der Waals surface area contributed by atoms with Crippen molar-refractivity contribution in [2.45, 2.75) is 35.3 Å². The summed E-state index contributed by atoms with van der Waals surface area (Å²) in [5.74, 6) is 0.400. The maximum atomic E-state index is 13.1. The van der Waals surface area contributed by atoms with E-state index in [9.17, 15) is 39.5 Å². The van der Waals surface area contributed by atoms with Crippen molar-refractivity contribution >= 4 is 52.7 Å². The first-order valence-electron chi connectivity index (χ1n) is 19.2. The van der Waals surface area contributed by atoms with Gasteiger partial charge in [0.1, 0.15) is 34.2 Å². The molecule has 0 bridgehead atoms. The maximum Gasteiger partial charge on any atom is 0.433 e. The fourth-order valence-electron chi connectivity index (χ4n) is 6.05. The minimum atomic E-state index is -4.42. The molecular formula is C44H36ClF9N10S2. The van der Waals surface area contributed by atoms with Gasteiger partial charge in [-0.3, -0.25) is 8.80 Å². The molecule has 0 unspecified atom stereocenters. The van der Waals surface area contributed by atoms with E-state index in [1.165, 1.54) is 54.5 Å². The molecule has 7 aromatic heterocycles. The number of imidazole rings is 4. The predicted molar refractivity (Wildman–Crippen MR) is 238 cm³/mol. The SMILES string of the molecule is Cn1cc(-c2ccccc2)[nH]c1=S.Cn1cc(-c2ccccc2)nc1SCc1cn2c(C(F)(F)F)cccc2n1.FC(F)(F)c1cccc2nc(CCl)cn12.Nc1cccc(C(F)(F)F)n1. The molecule has 0 saturated heterocycles. The largest absolute Gasteiger partial charge is 0.433 e. The van der Waals surface area contributed by atoms with Crippen molar-refractivity contribution in [3.8, 4) is 22.5 Å². The number of benzene rings is 2. The molecule has 7 heterocycles. The van der Waals surface area contributed by atoms with E-state index in [1.54, 1.807) is 6.07 Å². The number of aromatic nitrogens is 9. The third-order valence-corrected chi connectivity index (χ3v) is 10.8. The summed E-state index contributed by atoms with van der Waals surface area (Å²) in [6.45, 7) is 0. The van der Waals surface area contributed by atoms with Crippen molar-refractivity contribution in [3.63, 3.8) is 0 Å². The van der Waals surface area contributed by atoms with Gasteiger partial charge in [0.15, 0.2) is 9.93 Å². The van der Waals surface area contributed by atoms with Crippen LogP contribution < -0.4 is 5.73 Å². The van der Waals surface area contributed by atoms with Crippen LogP contribution in [0.3, 0.4) is 0 Å². The molecule has 2 aromatic carbocycles. The van der Waals surface area contributed by atoms with Gasteiger partial charge in [0.05, 0.1) is 28.7 Å². The molecule has 66 heavy (non-hydrogen) atoms. The fraction of sp³-hybridized carbons (Fsp3) is 0.159. The number of nitrogen functional groups attached to an aromatic ring is 1. The normalized spacial score (nSPS) is 11.6. The lowest BCUT2D eigenvalue weighted by Crippen LogP contribution is -2.10. The first-order valence-corrected chi connectivity index (χ1v) is 21.1. The smallest absolute Gasteiger partial charge is 0.384 e. The van der Waals surface area contributed by atoms with Crippen LogP contribution in [0.2, 0.25) is 0 Å². The molecule has 0 aliphatic rings. The Kier molecular flexibility index (Phi) is 15.3. The Hall–Kier alpha value is -6.58. The summed E-state index contributed by atoms with van der Waals surface area (Å²) in [5, 5.41) is 0.780. The van der Waals surface area contributed by atoms with Gasteiger partial charge in [0.25, 0.3) is 0 Å². The van der Waals surface area contributed by atoms with Crippen LogP contribution in [0.15, 0.2) is 145 Å². The standard InChI is InChI=1S/C19H15F3N4S.C10H10N2S.C9H6ClF3N2.C6H5F3N2/c1-25-11-15(13-6-3-2-4-7-13)24-18(25)27-12-14-10-26-16(19(20,21)22)8-5-9-17(26)23-14;1-12-7-9(11-10(12)13)8-5-3-2-4-6-8;10-4-6-5-15-7(9(11,12)13)2-1-3-8(15)14-6;7-6(8,9)4-2-1-3-5(10)11-4/h2-11H,12H2,1H3;2-7H,1H3,(H,11,13);1-3,5H,4H2;1-3H,(H2,10,11). The maximum absolute atomic E-state index is 13.1. The molecule has 0 fully saturated rings. The number of hydrogen-bond acceptors (Lipinski definition) is 7. The molecule has 0 atom stereocenters. The summed E-state index contributed by atoms with van der Waals surface area (Å²) >= 11 is 12.0. The minimum absolute atomic E-state index is 0.0962. The van der Waals surface area contributed by atoms with Crippen molar-refractivity contribution in [1.82, 2.24) is 42.9 Å². The lowest BCUT2D eigenvalue weighted by atomic mass is 10.2. The molecular weight excluding hydrogens is 939 g/mol. The second-order valence-corrected chi connectivity index (χ2v) is 15.5. The number of H-pyrrole nitrogens is 1. The van der Waals surface area contributed by atoms with Crippen LogP contribution in [-0.2, 0) is 44.3 Å². The molecule has 0 saturated carbocycles. The molecule has 344 valence electrons. The van der Waals surface area contributed by atoms with Crippen LogP contribution in [0, 0.1) is 4.77 Å². The lowest BCUT2D eigenvalue weighted by Gasteiger charge is -2.08. The van der Waals surface area contributed by atoms with Crippen LogP contribution in [0.25, 0.3) is 33.8 Å². The highest BCUT2D eigenvalue weighted by Gasteiger charge is 2.35. The van der Waals surface area contributed by atoms with Crippen molar-refractivity contribution in [2.75, 3.05) is 5.73 Å². The minimum Gasteiger partial charge on any atom is -0.384 e. The molecule has 9 aromatic rings. The Morgan fingerprint density at radius 2 is 1.12 bits per heavy atom. The van der Waals surface area contributed by atoms with Crippen LogP contribution in [0.5, 0.6) is 0 Å². The number of alkyl halides is 10.